The highest BCUT2D eigenvalue weighted by Gasteiger charge is 2.09. The second kappa shape index (κ2) is 10.2. The molecule has 2 aromatic rings. The lowest BCUT2D eigenvalue weighted by Gasteiger charge is -2.12. The van der Waals surface area contributed by atoms with E-state index >= 15 is 0 Å². The number of amides is 2. The summed E-state index contributed by atoms with van der Waals surface area (Å²) in [4.78, 5) is 23.3. The molecule has 0 saturated carbocycles. The second-order valence-corrected chi connectivity index (χ2v) is 6.13. The zero-order valence-electron chi connectivity index (χ0n) is 16.0. The molecule has 6 heteroatoms. The highest BCUT2D eigenvalue weighted by Crippen LogP contribution is 2.28. The van der Waals surface area contributed by atoms with Crippen molar-refractivity contribution in [1.29, 1.82) is 0 Å². The zero-order chi connectivity index (χ0) is 19.6. The molecule has 0 aliphatic carbocycles. The average Bonchev–Trinajstić information content (AvgIpc) is 2.67. The molecule has 144 valence electrons. The van der Waals surface area contributed by atoms with E-state index < -0.39 is 0 Å². The fourth-order valence-corrected chi connectivity index (χ4v) is 2.46. The zero-order valence-corrected chi connectivity index (χ0v) is 16.0. The van der Waals surface area contributed by atoms with E-state index in [0.717, 1.165) is 18.4 Å². The molecule has 0 aliphatic heterocycles. The van der Waals surface area contributed by atoms with Gasteiger partial charge in [-0.2, -0.15) is 0 Å². The van der Waals surface area contributed by atoms with Crippen LogP contribution in [0.3, 0.4) is 0 Å². The standard InChI is InChI=1S/C21H26N2O4/c1-4-5-12-27-19-11-6-16(13-20(19)26-3)14-22-21(25)17-7-9-18(10-8-17)23-15(2)24/h6-11,13H,4-5,12,14H2,1-3H3,(H,22,25)(H,23,24). The first-order chi connectivity index (χ1) is 13.0. The van der Waals surface area contributed by atoms with E-state index in [1.807, 2.05) is 18.2 Å². The maximum absolute atomic E-state index is 12.3. The minimum atomic E-state index is -0.188. The highest BCUT2D eigenvalue weighted by molar-refractivity contribution is 5.95. The first kappa shape index (κ1) is 20.3. The van der Waals surface area contributed by atoms with Gasteiger partial charge in [0.15, 0.2) is 11.5 Å². The van der Waals surface area contributed by atoms with Crippen LogP contribution in [0, 0.1) is 0 Å². The molecule has 2 aromatic carbocycles. The van der Waals surface area contributed by atoms with Crippen molar-refractivity contribution in [2.24, 2.45) is 0 Å². The summed E-state index contributed by atoms with van der Waals surface area (Å²) in [5.41, 5.74) is 2.09. The van der Waals surface area contributed by atoms with Gasteiger partial charge in [0.2, 0.25) is 5.91 Å². The highest BCUT2D eigenvalue weighted by atomic mass is 16.5. The van der Waals surface area contributed by atoms with E-state index in [1.54, 1.807) is 31.4 Å². The number of benzene rings is 2. The van der Waals surface area contributed by atoms with Crippen LogP contribution in [0.15, 0.2) is 42.5 Å². The van der Waals surface area contributed by atoms with Gasteiger partial charge in [-0.15, -0.1) is 0 Å². The fourth-order valence-electron chi connectivity index (χ4n) is 2.46. The Kier molecular flexibility index (Phi) is 7.67. The number of hydrogen-bond acceptors (Lipinski definition) is 4. The molecule has 0 aliphatic rings. The maximum atomic E-state index is 12.3. The van der Waals surface area contributed by atoms with Crippen LogP contribution in [0.2, 0.25) is 0 Å². The van der Waals surface area contributed by atoms with Crippen LogP contribution in [-0.4, -0.2) is 25.5 Å². The van der Waals surface area contributed by atoms with Gasteiger partial charge in [-0.3, -0.25) is 9.59 Å². The van der Waals surface area contributed by atoms with Gasteiger partial charge in [0, 0.05) is 24.7 Å². The van der Waals surface area contributed by atoms with Crippen molar-refractivity contribution >= 4 is 17.5 Å². The molecule has 0 spiro atoms. The van der Waals surface area contributed by atoms with Crippen LogP contribution in [0.1, 0.15) is 42.6 Å². The van der Waals surface area contributed by atoms with Crippen LogP contribution < -0.4 is 20.1 Å². The minimum Gasteiger partial charge on any atom is -0.493 e. The molecule has 2 rings (SSSR count). The second-order valence-electron chi connectivity index (χ2n) is 6.13. The number of rotatable bonds is 9. The molecule has 0 fully saturated rings. The first-order valence-electron chi connectivity index (χ1n) is 8.99. The SMILES string of the molecule is CCCCOc1ccc(CNC(=O)c2ccc(NC(C)=O)cc2)cc1OC. The van der Waals surface area contributed by atoms with Crippen molar-refractivity contribution in [1.82, 2.24) is 5.32 Å². The van der Waals surface area contributed by atoms with Crippen LogP contribution in [0.4, 0.5) is 5.69 Å². The average molecular weight is 370 g/mol. The molecule has 6 nitrogen and oxygen atoms in total. The molecule has 2 amide bonds. The summed E-state index contributed by atoms with van der Waals surface area (Å²) in [6.07, 6.45) is 2.06. The number of hydrogen-bond donors (Lipinski definition) is 2. The number of methoxy groups -OCH3 is 1. The fraction of sp³-hybridized carbons (Fsp3) is 0.333. The van der Waals surface area contributed by atoms with Crippen LogP contribution >= 0.6 is 0 Å². The molecule has 0 unspecified atom stereocenters. The van der Waals surface area contributed by atoms with Gasteiger partial charge in [0.1, 0.15) is 0 Å². The summed E-state index contributed by atoms with van der Waals surface area (Å²) in [7, 11) is 1.60. The lowest BCUT2D eigenvalue weighted by Crippen LogP contribution is -2.22. The van der Waals surface area contributed by atoms with Crippen molar-refractivity contribution in [3.8, 4) is 11.5 Å². The smallest absolute Gasteiger partial charge is 0.251 e. The van der Waals surface area contributed by atoms with Crippen molar-refractivity contribution in [3.05, 3.63) is 53.6 Å². The third kappa shape index (κ3) is 6.33. The topological polar surface area (TPSA) is 76.7 Å². The monoisotopic (exact) mass is 370 g/mol. The van der Waals surface area contributed by atoms with E-state index in [1.165, 1.54) is 6.92 Å². The molecule has 0 radical (unpaired) electrons. The Bertz CT molecular complexity index is 772. The largest absolute Gasteiger partial charge is 0.493 e. The Morgan fingerprint density at radius 1 is 1.04 bits per heavy atom. The Labute approximate surface area is 159 Å². The molecular weight excluding hydrogens is 344 g/mol. The van der Waals surface area contributed by atoms with Crippen LogP contribution in [0.5, 0.6) is 11.5 Å². The van der Waals surface area contributed by atoms with E-state index in [0.29, 0.717) is 35.9 Å². The number of carbonyl (C=O) groups excluding carboxylic acids is 2. The molecule has 0 saturated heterocycles. The lowest BCUT2D eigenvalue weighted by molar-refractivity contribution is -0.114. The van der Waals surface area contributed by atoms with Gasteiger partial charge < -0.3 is 20.1 Å². The van der Waals surface area contributed by atoms with Gasteiger partial charge >= 0.3 is 0 Å². The molecule has 0 atom stereocenters. The number of unbranched alkanes of at least 4 members (excludes halogenated alkanes) is 1. The Hall–Kier alpha value is -3.02. The number of nitrogens with one attached hydrogen (secondary N) is 2. The minimum absolute atomic E-state index is 0.150. The summed E-state index contributed by atoms with van der Waals surface area (Å²) in [5, 5.41) is 5.54. The molecule has 27 heavy (non-hydrogen) atoms. The molecule has 2 N–H and O–H groups in total. The molecule has 0 aromatic heterocycles. The summed E-state index contributed by atoms with van der Waals surface area (Å²) < 4.78 is 11.1. The summed E-state index contributed by atoms with van der Waals surface area (Å²) in [6.45, 7) is 4.57. The number of carbonyl (C=O) groups is 2. The van der Waals surface area contributed by atoms with Crippen molar-refractivity contribution in [2.45, 2.75) is 33.2 Å². The van der Waals surface area contributed by atoms with Gasteiger partial charge in [-0.05, 0) is 48.4 Å². The Morgan fingerprint density at radius 2 is 1.78 bits per heavy atom. The summed E-state index contributed by atoms with van der Waals surface area (Å²) in [6, 6.07) is 12.4. The Balaban J connectivity index is 1.94. The third-order valence-electron chi connectivity index (χ3n) is 3.90. The predicted molar refractivity (Wildman–Crippen MR) is 105 cm³/mol. The normalized spacial score (nSPS) is 10.2. The van der Waals surface area contributed by atoms with Crippen LogP contribution in [0.25, 0.3) is 0 Å². The molecular formula is C21H26N2O4. The van der Waals surface area contributed by atoms with Crippen molar-refractivity contribution in [3.63, 3.8) is 0 Å². The quantitative estimate of drug-likeness (QED) is 0.659. The lowest BCUT2D eigenvalue weighted by atomic mass is 10.1. The summed E-state index contributed by atoms with van der Waals surface area (Å²) >= 11 is 0. The summed E-state index contributed by atoms with van der Waals surface area (Å²) in [5.74, 6) is 1.02. The molecule has 0 bridgehead atoms. The van der Waals surface area contributed by atoms with Crippen molar-refractivity contribution in [2.75, 3.05) is 19.0 Å². The van der Waals surface area contributed by atoms with Gasteiger partial charge in [-0.25, -0.2) is 0 Å². The van der Waals surface area contributed by atoms with E-state index in [-0.39, 0.29) is 11.8 Å². The Morgan fingerprint density at radius 3 is 2.41 bits per heavy atom. The van der Waals surface area contributed by atoms with E-state index in [9.17, 15) is 9.59 Å². The predicted octanol–water partition coefficient (Wildman–Crippen LogP) is 3.76. The van der Waals surface area contributed by atoms with Gasteiger partial charge in [0.05, 0.1) is 13.7 Å². The maximum Gasteiger partial charge on any atom is 0.251 e. The molecule has 0 heterocycles. The van der Waals surface area contributed by atoms with Crippen molar-refractivity contribution < 1.29 is 19.1 Å². The van der Waals surface area contributed by atoms with Gasteiger partial charge in [-0.1, -0.05) is 19.4 Å². The first-order valence-corrected chi connectivity index (χ1v) is 8.99. The van der Waals surface area contributed by atoms with Gasteiger partial charge in [0.25, 0.3) is 5.91 Å². The number of ether oxygens (including phenoxy) is 2. The van der Waals surface area contributed by atoms with E-state index in [4.69, 9.17) is 9.47 Å². The number of anilines is 1. The van der Waals surface area contributed by atoms with Crippen LogP contribution in [-0.2, 0) is 11.3 Å². The third-order valence-corrected chi connectivity index (χ3v) is 3.90. The van der Waals surface area contributed by atoms with E-state index in [2.05, 4.69) is 17.6 Å².